The topological polar surface area (TPSA) is 32.3 Å². The predicted octanol–water partition coefficient (Wildman–Crippen LogP) is 3.00. The Morgan fingerprint density at radius 3 is 2.80 bits per heavy atom. The molecule has 0 spiro atoms. The largest absolute Gasteiger partial charge is 0.335 e. The number of amides is 1. The number of nitrogens with zero attached hydrogens (tertiary/aromatic N) is 1. The van der Waals surface area contributed by atoms with Crippen LogP contribution in [0.4, 0.5) is 0 Å². The summed E-state index contributed by atoms with van der Waals surface area (Å²) < 4.78 is 0. The van der Waals surface area contributed by atoms with E-state index in [0.717, 1.165) is 50.3 Å². The molecule has 1 aromatic carbocycles. The zero-order chi connectivity index (χ0) is 13.9. The van der Waals surface area contributed by atoms with Crippen molar-refractivity contribution >= 4 is 17.5 Å². The first-order valence-electron chi connectivity index (χ1n) is 7.52. The predicted molar refractivity (Wildman–Crippen MR) is 80.7 cm³/mol. The van der Waals surface area contributed by atoms with Gasteiger partial charge < -0.3 is 10.2 Å². The molecule has 2 aliphatic heterocycles. The van der Waals surface area contributed by atoms with E-state index in [1.54, 1.807) is 0 Å². The van der Waals surface area contributed by atoms with Crippen LogP contribution in [0.5, 0.6) is 0 Å². The van der Waals surface area contributed by atoms with E-state index in [-0.39, 0.29) is 12.0 Å². The van der Waals surface area contributed by atoms with Gasteiger partial charge in [-0.3, -0.25) is 4.79 Å². The summed E-state index contributed by atoms with van der Waals surface area (Å²) in [5, 5.41) is 4.08. The standard InChI is InChI=1S/C16H21ClN2O/c17-14-4-1-3-13(11-14)15-5-2-10-19(15)16(20)12-6-8-18-9-7-12/h1,3-4,11-12,15,18H,2,5-10H2. The summed E-state index contributed by atoms with van der Waals surface area (Å²) >= 11 is 6.09. The molecule has 3 rings (SSSR count). The minimum Gasteiger partial charge on any atom is -0.335 e. The van der Waals surface area contributed by atoms with Crippen LogP contribution in [-0.4, -0.2) is 30.4 Å². The average molecular weight is 293 g/mol. The van der Waals surface area contributed by atoms with E-state index in [1.165, 1.54) is 5.56 Å². The maximum Gasteiger partial charge on any atom is 0.226 e. The summed E-state index contributed by atoms with van der Waals surface area (Å²) in [6, 6.07) is 8.17. The van der Waals surface area contributed by atoms with Gasteiger partial charge in [0.05, 0.1) is 6.04 Å². The Morgan fingerprint density at radius 1 is 1.25 bits per heavy atom. The maximum absolute atomic E-state index is 12.7. The number of piperidine rings is 1. The third kappa shape index (κ3) is 2.84. The number of likely N-dealkylation sites (tertiary alicyclic amines) is 1. The van der Waals surface area contributed by atoms with Gasteiger partial charge >= 0.3 is 0 Å². The molecule has 0 bridgehead atoms. The summed E-state index contributed by atoms with van der Waals surface area (Å²) in [4.78, 5) is 14.8. The number of carbonyl (C=O) groups excluding carboxylic acids is 1. The van der Waals surface area contributed by atoms with Crippen LogP contribution in [-0.2, 0) is 4.79 Å². The molecular formula is C16H21ClN2O. The van der Waals surface area contributed by atoms with Crippen molar-refractivity contribution in [3.8, 4) is 0 Å². The molecule has 1 amide bonds. The smallest absolute Gasteiger partial charge is 0.226 e. The maximum atomic E-state index is 12.7. The molecule has 1 atom stereocenters. The lowest BCUT2D eigenvalue weighted by Gasteiger charge is -2.31. The van der Waals surface area contributed by atoms with E-state index in [9.17, 15) is 4.79 Å². The van der Waals surface area contributed by atoms with Crippen LogP contribution in [0.25, 0.3) is 0 Å². The molecule has 20 heavy (non-hydrogen) atoms. The SMILES string of the molecule is O=C(C1CCNCC1)N1CCCC1c1cccc(Cl)c1. The molecule has 1 N–H and O–H groups in total. The summed E-state index contributed by atoms with van der Waals surface area (Å²) in [7, 11) is 0. The highest BCUT2D eigenvalue weighted by atomic mass is 35.5. The Hall–Kier alpha value is -1.06. The van der Waals surface area contributed by atoms with Gasteiger partial charge in [0.2, 0.25) is 5.91 Å². The zero-order valence-electron chi connectivity index (χ0n) is 11.6. The monoisotopic (exact) mass is 292 g/mol. The van der Waals surface area contributed by atoms with Gasteiger partial charge in [0.1, 0.15) is 0 Å². The molecule has 2 saturated heterocycles. The van der Waals surface area contributed by atoms with Crippen LogP contribution in [0, 0.1) is 5.92 Å². The third-order valence-electron chi connectivity index (χ3n) is 4.46. The number of hydrogen-bond donors (Lipinski definition) is 1. The van der Waals surface area contributed by atoms with Gasteiger partial charge in [-0.2, -0.15) is 0 Å². The van der Waals surface area contributed by atoms with E-state index in [2.05, 4.69) is 16.3 Å². The molecule has 1 aromatic rings. The fraction of sp³-hybridized carbons (Fsp3) is 0.562. The van der Waals surface area contributed by atoms with Gasteiger partial charge in [-0.1, -0.05) is 23.7 Å². The summed E-state index contributed by atoms with van der Waals surface area (Å²) in [6.07, 6.45) is 4.08. The molecule has 1 unspecified atom stereocenters. The van der Waals surface area contributed by atoms with Gasteiger partial charge in [0.25, 0.3) is 0 Å². The van der Waals surface area contributed by atoms with Crippen molar-refractivity contribution in [2.24, 2.45) is 5.92 Å². The molecule has 2 aliphatic rings. The van der Waals surface area contributed by atoms with Crippen molar-refractivity contribution in [1.29, 1.82) is 0 Å². The number of rotatable bonds is 2. The highest BCUT2D eigenvalue weighted by molar-refractivity contribution is 6.30. The minimum absolute atomic E-state index is 0.205. The molecule has 3 nitrogen and oxygen atoms in total. The molecule has 0 aliphatic carbocycles. The van der Waals surface area contributed by atoms with E-state index in [0.29, 0.717) is 5.91 Å². The van der Waals surface area contributed by atoms with Crippen molar-refractivity contribution in [1.82, 2.24) is 10.2 Å². The third-order valence-corrected chi connectivity index (χ3v) is 4.69. The van der Waals surface area contributed by atoms with Crippen LogP contribution in [0.15, 0.2) is 24.3 Å². The summed E-state index contributed by atoms with van der Waals surface area (Å²) in [5.41, 5.74) is 1.18. The quantitative estimate of drug-likeness (QED) is 0.909. The first-order valence-corrected chi connectivity index (χ1v) is 7.90. The Morgan fingerprint density at radius 2 is 2.05 bits per heavy atom. The Kier molecular flexibility index (Phi) is 4.27. The Balaban J connectivity index is 1.76. The first kappa shape index (κ1) is 13.9. The number of benzene rings is 1. The lowest BCUT2D eigenvalue weighted by Crippen LogP contribution is -2.40. The average Bonchev–Trinajstić information content (AvgIpc) is 2.97. The Labute approximate surface area is 125 Å². The van der Waals surface area contributed by atoms with E-state index in [4.69, 9.17) is 11.6 Å². The molecule has 0 saturated carbocycles. The zero-order valence-corrected chi connectivity index (χ0v) is 12.4. The molecule has 0 aromatic heterocycles. The van der Waals surface area contributed by atoms with Crippen LogP contribution in [0.1, 0.15) is 37.3 Å². The number of hydrogen-bond acceptors (Lipinski definition) is 2. The van der Waals surface area contributed by atoms with Crippen LogP contribution >= 0.6 is 11.6 Å². The fourth-order valence-electron chi connectivity index (χ4n) is 3.39. The lowest BCUT2D eigenvalue weighted by atomic mass is 9.95. The first-order chi connectivity index (χ1) is 9.75. The molecular weight excluding hydrogens is 272 g/mol. The second-order valence-corrected chi connectivity index (χ2v) is 6.21. The van der Waals surface area contributed by atoms with Crippen molar-refractivity contribution in [2.45, 2.75) is 31.7 Å². The summed E-state index contributed by atoms with van der Waals surface area (Å²) in [5.74, 6) is 0.546. The van der Waals surface area contributed by atoms with Crippen LogP contribution < -0.4 is 5.32 Å². The van der Waals surface area contributed by atoms with Gasteiger partial charge in [-0.25, -0.2) is 0 Å². The van der Waals surface area contributed by atoms with Crippen LogP contribution in [0.3, 0.4) is 0 Å². The van der Waals surface area contributed by atoms with Gasteiger partial charge in [0, 0.05) is 17.5 Å². The second-order valence-electron chi connectivity index (χ2n) is 5.77. The highest BCUT2D eigenvalue weighted by Gasteiger charge is 2.34. The summed E-state index contributed by atoms with van der Waals surface area (Å²) in [6.45, 7) is 2.82. The van der Waals surface area contributed by atoms with E-state index < -0.39 is 0 Å². The van der Waals surface area contributed by atoms with Gasteiger partial charge in [-0.15, -0.1) is 0 Å². The van der Waals surface area contributed by atoms with Gasteiger partial charge in [0.15, 0.2) is 0 Å². The molecule has 0 radical (unpaired) electrons. The van der Waals surface area contributed by atoms with Crippen molar-refractivity contribution in [3.05, 3.63) is 34.9 Å². The Bertz CT molecular complexity index is 485. The number of carbonyl (C=O) groups is 1. The number of nitrogens with one attached hydrogen (secondary N) is 1. The van der Waals surface area contributed by atoms with Crippen LogP contribution in [0.2, 0.25) is 5.02 Å². The lowest BCUT2D eigenvalue weighted by molar-refractivity contribution is -0.137. The van der Waals surface area contributed by atoms with E-state index in [1.807, 2.05) is 18.2 Å². The minimum atomic E-state index is 0.205. The molecule has 4 heteroatoms. The second kappa shape index (κ2) is 6.15. The molecule has 2 heterocycles. The fourth-order valence-corrected chi connectivity index (χ4v) is 3.59. The van der Waals surface area contributed by atoms with E-state index >= 15 is 0 Å². The van der Waals surface area contributed by atoms with Crippen molar-refractivity contribution in [2.75, 3.05) is 19.6 Å². The molecule has 2 fully saturated rings. The molecule has 108 valence electrons. The van der Waals surface area contributed by atoms with Crippen molar-refractivity contribution < 1.29 is 4.79 Å². The normalized spacial score (nSPS) is 24.1. The van der Waals surface area contributed by atoms with Crippen molar-refractivity contribution in [3.63, 3.8) is 0 Å². The highest BCUT2D eigenvalue weighted by Crippen LogP contribution is 2.35. The van der Waals surface area contributed by atoms with Gasteiger partial charge in [-0.05, 0) is 56.5 Å². The number of halogens is 1.